The van der Waals surface area contributed by atoms with E-state index in [1.165, 1.54) is 143 Å². The number of para-hydroxylation sites is 1. The van der Waals surface area contributed by atoms with Gasteiger partial charge in [-0.15, -0.1) is 0 Å². The Hall–Kier alpha value is -9.30. The Morgan fingerprint density at radius 2 is 0.606 bits per heavy atom. The van der Waals surface area contributed by atoms with Crippen LogP contribution >= 0.6 is 0 Å². The van der Waals surface area contributed by atoms with Crippen LogP contribution in [0.3, 0.4) is 0 Å². The lowest BCUT2D eigenvalue weighted by Gasteiger charge is -2.20. The van der Waals surface area contributed by atoms with Gasteiger partial charge in [-0.05, 0) is 157 Å². The van der Waals surface area contributed by atoms with Gasteiger partial charge in [-0.25, -0.2) is 0 Å². The zero-order chi connectivity index (χ0) is 46.6. The van der Waals surface area contributed by atoms with Gasteiger partial charge in [0.15, 0.2) is 0 Å². The molecule has 0 bridgehead atoms. The molecule has 0 atom stereocenters. The van der Waals surface area contributed by atoms with Crippen LogP contribution in [-0.4, -0.2) is 4.57 Å². The summed E-state index contributed by atoms with van der Waals surface area (Å²) in [4.78, 5) is 0. The summed E-state index contributed by atoms with van der Waals surface area (Å²) >= 11 is 0. The highest BCUT2D eigenvalue weighted by molar-refractivity contribution is 6.34. The van der Waals surface area contributed by atoms with Crippen LogP contribution in [0.25, 0.3) is 148 Å². The van der Waals surface area contributed by atoms with Gasteiger partial charge >= 0.3 is 0 Å². The van der Waals surface area contributed by atoms with Crippen LogP contribution in [0, 0.1) is 0 Å². The molecule has 0 fully saturated rings. The van der Waals surface area contributed by atoms with Crippen molar-refractivity contribution in [3.05, 3.63) is 261 Å². The third kappa shape index (κ3) is 5.87. The molecule has 0 aliphatic heterocycles. The predicted octanol–water partition coefficient (Wildman–Crippen LogP) is 19.4. The standard InChI is InChI=1S/C70H43N/c1-6-21-44(22-7-1)63-51-31-16-17-32-52(51)64(45-23-8-2-9-24-45)58-41-48(37-39-55(58)63)49-38-40-61-59(42-49)68-56-35-20-36-57-67(56)60(43-62(68)71(61)50-29-14-5-15-30-50)70-66(47-27-12-4-13-28-47)54-34-19-18-33-53(54)65(69(57)70)46-25-10-3-11-26-46/h1-43H. The molecule has 71 heavy (non-hydrogen) atoms. The molecule has 0 N–H and O–H groups in total. The molecular formula is C70H43N. The quantitative estimate of drug-likeness (QED) is 0.147. The molecule has 14 aromatic rings. The second-order valence-corrected chi connectivity index (χ2v) is 19.0. The minimum absolute atomic E-state index is 1.14. The molecule has 0 unspecified atom stereocenters. The van der Waals surface area contributed by atoms with E-state index < -0.39 is 0 Å². The maximum atomic E-state index is 2.52. The van der Waals surface area contributed by atoms with Gasteiger partial charge in [0.05, 0.1) is 11.0 Å². The number of benzene rings is 13. The van der Waals surface area contributed by atoms with E-state index >= 15 is 0 Å². The van der Waals surface area contributed by atoms with Gasteiger partial charge in [0, 0.05) is 16.5 Å². The first kappa shape index (κ1) is 39.7. The molecule has 1 heterocycles. The Morgan fingerprint density at radius 1 is 0.197 bits per heavy atom. The van der Waals surface area contributed by atoms with Crippen LogP contribution in [0.4, 0.5) is 0 Å². The molecule has 0 radical (unpaired) electrons. The van der Waals surface area contributed by atoms with Crippen molar-refractivity contribution in [3.63, 3.8) is 0 Å². The molecule has 1 aromatic heterocycles. The van der Waals surface area contributed by atoms with Gasteiger partial charge in [0.1, 0.15) is 0 Å². The van der Waals surface area contributed by atoms with Crippen molar-refractivity contribution in [2.75, 3.05) is 0 Å². The van der Waals surface area contributed by atoms with E-state index in [4.69, 9.17) is 0 Å². The summed E-state index contributed by atoms with van der Waals surface area (Å²) < 4.78 is 2.50. The Balaban J connectivity index is 1.05. The van der Waals surface area contributed by atoms with Crippen LogP contribution in [0.5, 0.6) is 0 Å². The van der Waals surface area contributed by atoms with Gasteiger partial charge in [0.2, 0.25) is 0 Å². The highest BCUT2D eigenvalue weighted by Crippen LogP contribution is 2.59. The zero-order valence-corrected chi connectivity index (χ0v) is 38.8. The number of hydrogen-bond donors (Lipinski definition) is 0. The third-order valence-corrected chi connectivity index (χ3v) is 15.3. The smallest absolute Gasteiger partial charge is 0.0553 e. The maximum Gasteiger partial charge on any atom is 0.0553 e. The minimum Gasteiger partial charge on any atom is -0.309 e. The Morgan fingerprint density at radius 3 is 1.15 bits per heavy atom. The molecule has 0 amide bonds. The number of fused-ring (bicyclic) bond motifs is 10. The summed E-state index contributed by atoms with van der Waals surface area (Å²) in [5, 5.41) is 12.6. The summed E-state index contributed by atoms with van der Waals surface area (Å²) in [6.45, 7) is 0. The Labute approximate surface area is 411 Å². The normalized spacial score (nSPS) is 11.9. The second kappa shape index (κ2) is 15.6. The van der Waals surface area contributed by atoms with E-state index in [-0.39, 0.29) is 0 Å². The number of aromatic nitrogens is 1. The van der Waals surface area contributed by atoms with Crippen molar-refractivity contribution < 1.29 is 0 Å². The molecule has 1 aliphatic rings. The van der Waals surface area contributed by atoms with E-state index in [1.807, 2.05) is 0 Å². The highest BCUT2D eigenvalue weighted by Gasteiger charge is 2.32. The molecule has 1 aliphatic carbocycles. The molecule has 1 nitrogen and oxygen atoms in total. The average molecular weight is 898 g/mol. The van der Waals surface area contributed by atoms with Crippen LogP contribution < -0.4 is 0 Å². The van der Waals surface area contributed by atoms with Crippen molar-refractivity contribution in [3.8, 4) is 83.6 Å². The summed E-state index contributed by atoms with van der Waals surface area (Å²) in [5.41, 5.74) is 21.1. The fourth-order valence-corrected chi connectivity index (χ4v) is 12.4. The van der Waals surface area contributed by atoms with Crippen molar-refractivity contribution in [1.82, 2.24) is 4.57 Å². The van der Waals surface area contributed by atoms with Gasteiger partial charge in [-0.3, -0.25) is 0 Å². The predicted molar refractivity (Wildman–Crippen MR) is 302 cm³/mol. The van der Waals surface area contributed by atoms with Crippen molar-refractivity contribution in [2.24, 2.45) is 0 Å². The molecule has 328 valence electrons. The fourth-order valence-electron chi connectivity index (χ4n) is 12.4. The van der Waals surface area contributed by atoms with Crippen LogP contribution in [0.15, 0.2) is 261 Å². The first-order valence-electron chi connectivity index (χ1n) is 24.7. The largest absolute Gasteiger partial charge is 0.309 e. The van der Waals surface area contributed by atoms with E-state index in [1.54, 1.807) is 0 Å². The van der Waals surface area contributed by atoms with Gasteiger partial charge in [-0.2, -0.15) is 0 Å². The van der Waals surface area contributed by atoms with Crippen molar-refractivity contribution >= 4 is 64.9 Å². The maximum absolute atomic E-state index is 2.52. The van der Waals surface area contributed by atoms with E-state index in [0.717, 1.165) is 5.69 Å². The zero-order valence-electron chi connectivity index (χ0n) is 38.8. The first-order valence-corrected chi connectivity index (χ1v) is 24.7. The van der Waals surface area contributed by atoms with Crippen LogP contribution in [-0.2, 0) is 0 Å². The number of rotatable bonds is 6. The van der Waals surface area contributed by atoms with E-state index in [0.29, 0.717) is 0 Å². The lowest BCUT2D eigenvalue weighted by molar-refractivity contribution is 1.18. The van der Waals surface area contributed by atoms with E-state index in [2.05, 4.69) is 265 Å². The molecule has 0 saturated carbocycles. The lowest BCUT2D eigenvalue weighted by Crippen LogP contribution is -1.95. The molecule has 0 spiro atoms. The summed E-state index contributed by atoms with van der Waals surface area (Å²) in [7, 11) is 0. The Bertz CT molecular complexity index is 4460. The van der Waals surface area contributed by atoms with Gasteiger partial charge in [-0.1, -0.05) is 224 Å². The summed E-state index contributed by atoms with van der Waals surface area (Å²) in [5.74, 6) is 0. The number of nitrogens with zero attached hydrogens (tertiary/aromatic N) is 1. The Kier molecular flexibility index (Phi) is 8.73. The van der Waals surface area contributed by atoms with Crippen molar-refractivity contribution in [1.29, 1.82) is 0 Å². The summed E-state index contributed by atoms with van der Waals surface area (Å²) in [6, 6.07) is 96.7. The molecule has 0 saturated heterocycles. The highest BCUT2D eigenvalue weighted by atomic mass is 15.0. The SMILES string of the molecule is c1ccc(-c2c3c(c(-c4ccccc4)c4ccccc24)-c2cc4c(c5cccc-3c25)c2cc(-c3ccc5c(-c6ccccc6)c6ccccc6c(-c6ccccc6)c5c3)ccc2n4-c2ccccc2)cc1. The average Bonchev–Trinajstić information content (AvgIpc) is 3.96. The third-order valence-electron chi connectivity index (χ3n) is 15.3. The van der Waals surface area contributed by atoms with Gasteiger partial charge < -0.3 is 4.57 Å². The molecule has 15 rings (SSSR count). The van der Waals surface area contributed by atoms with E-state index in [9.17, 15) is 0 Å². The molecular weight excluding hydrogens is 855 g/mol. The lowest BCUT2D eigenvalue weighted by atomic mass is 9.82. The van der Waals surface area contributed by atoms with Crippen LogP contribution in [0.2, 0.25) is 0 Å². The fraction of sp³-hybridized carbons (Fsp3) is 0. The number of hydrogen-bond acceptors (Lipinski definition) is 0. The monoisotopic (exact) mass is 897 g/mol. The van der Waals surface area contributed by atoms with Crippen LogP contribution in [0.1, 0.15) is 0 Å². The molecule has 1 heteroatoms. The van der Waals surface area contributed by atoms with Crippen molar-refractivity contribution in [2.45, 2.75) is 0 Å². The van der Waals surface area contributed by atoms with Gasteiger partial charge in [0.25, 0.3) is 0 Å². The first-order chi connectivity index (χ1) is 35.3. The topological polar surface area (TPSA) is 4.93 Å². The minimum atomic E-state index is 1.14. The second-order valence-electron chi connectivity index (χ2n) is 19.0. The summed E-state index contributed by atoms with van der Waals surface area (Å²) in [6.07, 6.45) is 0. The molecule has 13 aromatic carbocycles.